The second-order valence-electron chi connectivity index (χ2n) is 13.6. The number of carbonyl (C=O) groups is 2. The molecule has 0 N–H and O–H groups in total. The van der Waals surface area contributed by atoms with E-state index in [2.05, 4.69) is 16.1 Å². The van der Waals surface area contributed by atoms with Crippen molar-refractivity contribution < 1.29 is 27.5 Å². The zero-order valence-corrected chi connectivity index (χ0v) is 26.9. The molecule has 0 radical (unpaired) electrons. The van der Waals surface area contributed by atoms with E-state index in [-0.39, 0.29) is 24.5 Å². The van der Waals surface area contributed by atoms with Gasteiger partial charge in [-0.1, -0.05) is 24.3 Å². The number of benzene rings is 1. The van der Waals surface area contributed by atoms with Crippen molar-refractivity contribution in [3.8, 4) is 0 Å². The van der Waals surface area contributed by atoms with Gasteiger partial charge in [0.1, 0.15) is 11.2 Å². The van der Waals surface area contributed by atoms with Crippen LogP contribution in [0.2, 0.25) is 0 Å². The first kappa shape index (κ1) is 32.0. The summed E-state index contributed by atoms with van der Waals surface area (Å²) >= 11 is 0. The third kappa shape index (κ3) is 8.56. The third-order valence-corrected chi connectivity index (χ3v) is 8.42. The molecule has 1 amide bonds. The lowest BCUT2D eigenvalue weighted by atomic mass is 9.91. The summed E-state index contributed by atoms with van der Waals surface area (Å²) in [7, 11) is -3.61. The normalized spacial score (nSPS) is 18.6. The lowest BCUT2D eigenvalue weighted by Crippen LogP contribution is -2.41. The number of rotatable bonds is 6. The second-order valence-corrected chi connectivity index (χ2v) is 15.4. The number of nitrogens with zero attached hydrogens (tertiary/aromatic N) is 4. The fourth-order valence-electron chi connectivity index (χ4n) is 5.56. The molecule has 42 heavy (non-hydrogen) atoms. The number of allylic oxidation sites excluding steroid dienone is 1. The first-order valence-electron chi connectivity index (χ1n) is 14.8. The van der Waals surface area contributed by atoms with Crippen LogP contribution in [-0.4, -0.2) is 89.6 Å². The van der Waals surface area contributed by atoms with Gasteiger partial charge in [0, 0.05) is 24.4 Å². The van der Waals surface area contributed by atoms with E-state index in [4.69, 9.17) is 9.47 Å². The topological polar surface area (TPSA) is 111 Å². The standard InChI is InChI=1S/C31H46N4O6S/c1-30(2,3)40-27(36)21-33-16-14-24(15-17-33)28-25-11-10-23(20-26(25)35(32-28)42(7,38)39)9-8-22-12-18-34(19-13-22)29(37)41-31(4,5)6/h8-11,20,22,24H,12-19,21H2,1-7H3. The zero-order valence-electron chi connectivity index (χ0n) is 26.1. The summed E-state index contributed by atoms with van der Waals surface area (Å²) < 4.78 is 37.5. The first-order chi connectivity index (χ1) is 19.5. The first-order valence-corrected chi connectivity index (χ1v) is 16.7. The minimum atomic E-state index is -3.61. The Kier molecular flexibility index (Phi) is 9.42. The van der Waals surface area contributed by atoms with Crippen LogP contribution in [0.3, 0.4) is 0 Å². The molecule has 2 fully saturated rings. The van der Waals surface area contributed by atoms with Gasteiger partial charge in [0.25, 0.3) is 10.0 Å². The van der Waals surface area contributed by atoms with Crippen LogP contribution in [0.25, 0.3) is 17.0 Å². The quantitative estimate of drug-likeness (QED) is 0.424. The fourth-order valence-corrected chi connectivity index (χ4v) is 6.30. The van der Waals surface area contributed by atoms with Gasteiger partial charge in [-0.3, -0.25) is 9.69 Å². The molecule has 0 spiro atoms. The summed E-state index contributed by atoms with van der Waals surface area (Å²) in [5.74, 6) is 0.185. The van der Waals surface area contributed by atoms with Gasteiger partial charge < -0.3 is 14.4 Å². The molecule has 0 unspecified atom stereocenters. The zero-order chi connectivity index (χ0) is 30.9. The maximum atomic E-state index is 12.7. The summed E-state index contributed by atoms with van der Waals surface area (Å²) in [5, 5.41) is 5.45. The van der Waals surface area contributed by atoms with Crippen LogP contribution in [0.15, 0.2) is 24.3 Å². The minimum absolute atomic E-state index is 0.0990. The van der Waals surface area contributed by atoms with Crippen LogP contribution in [0.1, 0.15) is 84.4 Å². The van der Waals surface area contributed by atoms with Crippen molar-refractivity contribution in [2.24, 2.45) is 5.92 Å². The molecule has 1 aromatic heterocycles. The molecular weight excluding hydrogens is 556 g/mol. The molecule has 3 heterocycles. The Balaban J connectivity index is 1.43. The number of likely N-dealkylation sites (tertiary alicyclic amines) is 2. The minimum Gasteiger partial charge on any atom is -0.459 e. The van der Waals surface area contributed by atoms with Crippen LogP contribution >= 0.6 is 0 Å². The van der Waals surface area contributed by atoms with Gasteiger partial charge in [0.05, 0.1) is 24.0 Å². The van der Waals surface area contributed by atoms with Gasteiger partial charge in [-0.25, -0.2) is 13.2 Å². The Bertz CT molecular complexity index is 1420. The Labute approximate surface area is 250 Å². The molecule has 10 nitrogen and oxygen atoms in total. The van der Waals surface area contributed by atoms with Crippen molar-refractivity contribution in [1.82, 2.24) is 19.0 Å². The van der Waals surface area contributed by atoms with Crippen LogP contribution in [0.5, 0.6) is 0 Å². The highest BCUT2D eigenvalue weighted by atomic mass is 32.2. The smallest absolute Gasteiger partial charge is 0.410 e. The van der Waals surface area contributed by atoms with Crippen molar-refractivity contribution in [2.45, 2.75) is 84.3 Å². The molecule has 1 aromatic carbocycles. The molecule has 4 rings (SSSR count). The van der Waals surface area contributed by atoms with E-state index < -0.39 is 21.2 Å². The Morgan fingerprint density at radius 2 is 1.57 bits per heavy atom. The number of carbonyl (C=O) groups excluding carboxylic acids is 2. The number of aromatic nitrogens is 2. The molecule has 0 bridgehead atoms. The van der Waals surface area contributed by atoms with Crippen LogP contribution < -0.4 is 0 Å². The Hall–Kier alpha value is -2.92. The van der Waals surface area contributed by atoms with Crippen LogP contribution in [0, 0.1) is 5.92 Å². The van der Waals surface area contributed by atoms with Gasteiger partial charge in [0.2, 0.25) is 0 Å². The lowest BCUT2D eigenvalue weighted by Gasteiger charge is -2.32. The van der Waals surface area contributed by atoms with E-state index in [9.17, 15) is 18.0 Å². The fraction of sp³-hybridized carbons (Fsp3) is 0.645. The number of hydrogen-bond acceptors (Lipinski definition) is 8. The van der Waals surface area contributed by atoms with Gasteiger partial charge in [0.15, 0.2) is 0 Å². The summed E-state index contributed by atoms with van der Waals surface area (Å²) in [6, 6.07) is 5.86. The van der Waals surface area contributed by atoms with E-state index in [0.717, 1.165) is 46.4 Å². The summed E-state index contributed by atoms with van der Waals surface area (Å²) in [4.78, 5) is 28.5. The van der Waals surface area contributed by atoms with Crippen LogP contribution in [-0.2, 0) is 24.3 Å². The number of esters is 1. The monoisotopic (exact) mass is 602 g/mol. The van der Waals surface area contributed by atoms with Gasteiger partial charge in [-0.2, -0.15) is 9.19 Å². The number of ether oxygens (including phenoxy) is 2. The van der Waals surface area contributed by atoms with Crippen molar-refractivity contribution in [1.29, 1.82) is 0 Å². The number of fused-ring (bicyclic) bond motifs is 1. The predicted molar refractivity (Wildman–Crippen MR) is 164 cm³/mol. The largest absolute Gasteiger partial charge is 0.459 e. The molecule has 2 aromatic rings. The van der Waals surface area contributed by atoms with Crippen LogP contribution in [0.4, 0.5) is 4.79 Å². The molecule has 2 saturated heterocycles. The summed E-state index contributed by atoms with van der Waals surface area (Å²) in [6.45, 7) is 14.1. The summed E-state index contributed by atoms with van der Waals surface area (Å²) in [6.07, 6.45) is 8.33. The van der Waals surface area contributed by atoms with Gasteiger partial charge in [-0.15, -0.1) is 0 Å². The Morgan fingerprint density at radius 1 is 0.952 bits per heavy atom. The maximum Gasteiger partial charge on any atom is 0.410 e. The molecular formula is C31H46N4O6S. The second kappa shape index (κ2) is 12.4. The molecule has 0 saturated carbocycles. The molecule has 0 aliphatic carbocycles. The number of hydrogen-bond donors (Lipinski definition) is 0. The predicted octanol–water partition coefficient (Wildman–Crippen LogP) is 5.03. The van der Waals surface area contributed by atoms with Gasteiger partial charge in [-0.05, 0) is 97.9 Å². The van der Waals surface area contributed by atoms with Crippen molar-refractivity contribution >= 4 is 39.1 Å². The molecule has 0 atom stereocenters. The van der Waals surface area contributed by atoms with E-state index >= 15 is 0 Å². The van der Waals surface area contributed by atoms with Crippen molar-refractivity contribution in [3.63, 3.8) is 0 Å². The van der Waals surface area contributed by atoms with Crippen molar-refractivity contribution in [2.75, 3.05) is 39.0 Å². The number of piperidine rings is 2. The highest BCUT2D eigenvalue weighted by Crippen LogP contribution is 2.34. The molecule has 11 heteroatoms. The SMILES string of the molecule is CC(C)(C)OC(=O)CN1CCC(c2nn(S(C)(=O)=O)c3cc(C=CC4CCN(C(=O)OC(C)(C)C)CC4)ccc23)CC1. The average molecular weight is 603 g/mol. The van der Waals surface area contributed by atoms with E-state index in [0.29, 0.717) is 37.6 Å². The number of amides is 1. The molecule has 232 valence electrons. The van der Waals surface area contributed by atoms with E-state index in [1.807, 2.05) is 65.8 Å². The van der Waals surface area contributed by atoms with E-state index in [1.165, 1.54) is 6.26 Å². The Morgan fingerprint density at radius 3 is 2.14 bits per heavy atom. The van der Waals surface area contributed by atoms with Gasteiger partial charge >= 0.3 is 12.1 Å². The molecule has 2 aliphatic heterocycles. The van der Waals surface area contributed by atoms with E-state index in [1.54, 1.807) is 4.90 Å². The highest BCUT2D eigenvalue weighted by molar-refractivity contribution is 7.89. The maximum absolute atomic E-state index is 12.7. The molecule has 2 aliphatic rings. The lowest BCUT2D eigenvalue weighted by molar-refractivity contribution is -0.156. The van der Waals surface area contributed by atoms with Crippen molar-refractivity contribution in [3.05, 3.63) is 35.5 Å². The third-order valence-electron chi connectivity index (χ3n) is 7.52. The summed E-state index contributed by atoms with van der Waals surface area (Å²) in [5.41, 5.74) is 1.24. The highest BCUT2D eigenvalue weighted by Gasteiger charge is 2.29. The average Bonchev–Trinajstić information content (AvgIpc) is 3.25.